The van der Waals surface area contributed by atoms with E-state index in [4.69, 9.17) is 10.2 Å². The molecule has 3 aromatic carbocycles. The molecule has 2 heterocycles. The second-order valence-corrected chi connectivity index (χ2v) is 9.28. The molecule has 1 saturated heterocycles. The summed E-state index contributed by atoms with van der Waals surface area (Å²) in [7, 11) is 0. The Morgan fingerprint density at radius 2 is 1.83 bits per heavy atom. The highest BCUT2D eigenvalue weighted by atomic mass is 16.1. The Kier molecular flexibility index (Phi) is 6.87. The van der Waals surface area contributed by atoms with E-state index in [0.29, 0.717) is 17.9 Å². The lowest BCUT2D eigenvalue weighted by molar-refractivity contribution is -0.116. The molecule has 176 valence electrons. The van der Waals surface area contributed by atoms with Crippen LogP contribution in [0.25, 0.3) is 11.0 Å². The molecule has 6 heteroatoms. The molecule has 0 aliphatic carbocycles. The van der Waals surface area contributed by atoms with Crippen molar-refractivity contribution in [3.8, 4) is 6.07 Å². The summed E-state index contributed by atoms with van der Waals surface area (Å²) < 4.78 is 0. The number of nitriles is 1. The van der Waals surface area contributed by atoms with Crippen LogP contribution in [0.2, 0.25) is 0 Å². The maximum Gasteiger partial charge on any atom is 0.224 e. The van der Waals surface area contributed by atoms with Gasteiger partial charge in [-0.1, -0.05) is 42.5 Å². The molecule has 6 nitrogen and oxygen atoms in total. The van der Waals surface area contributed by atoms with Crippen LogP contribution in [0, 0.1) is 17.2 Å². The number of benzene rings is 3. The van der Waals surface area contributed by atoms with Gasteiger partial charge < -0.3 is 10.3 Å². The number of anilines is 1. The van der Waals surface area contributed by atoms with Crippen molar-refractivity contribution in [2.75, 3.05) is 11.9 Å². The third kappa shape index (κ3) is 5.59. The highest BCUT2D eigenvalue weighted by molar-refractivity contribution is 5.90. The van der Waals surface area contributed by atoms with Crippen molar-refractivity contribution < 1.29 is 4.79 Å². The number of nitrogens with zero attached hydrogens (tertiary/aromatic N) is 3. The van der Waals surface area contributed by atoms with E-state index in [0.717, 1.165) is 54.9 Å². The molecule has 2 atom stereocenters. The van der Waals surface area contributed by atoms with Gasteiger partial charge in [-0.2, -0.15) is 5.26 Å². The Morgan fingerprint density at radius 3 is 2.60 bits per heavy atom. The number of amides is 1. The quantitative estimate of drug-likeness (QED) is 0.362. The van der Waals surface area contributed by atoms with Gasteiger partial charge in [0, 0.05) is 18.7 Å². The highest BCUT2D eigenvalue weighted by Crippen LogP contribution is 2.36. The lowest BCUT2D eigenvalue weighted by atomic mass is 9.86. The molecule has 0 spiro atoms. The standard InChI is InChI=1S/C29H29N5O/c30-19-22-10-13-24(14-11-22)31-28(35)15-12-21-16-17-34(20-23-6-2-1-3-7-23)27(18-21)29-32-25-8-4-5-9-26(25)33-29/h1-11,13-14,21,27H,12,15-18,20H2,(H,31,35)(H,32,33)/t21-,27-/m1/s1. The Bertz CT molecular complexity index is 1290. The average Bonchev–Trinajstić information content (AvgIpc) is 3.33. The van der Waals surface area contributed by atoms with Gasteiger partial charge in [0.25, 0.3) is 0 Å². The zero-order valence-electron chi connectivity index (χ0n) is 19.7. The van der Waals surface area contributed by atoms with Crippen LogP contribution in [0.3, 0.4) is 0 Å². The molecule has 0 bridgehead atoms. The van der Waals surface area contributed by atoms with Gasteiger partial charge in [-0.15, -0.1) is 0 Å². The van der Waals surface area contributed by atoms with Crippen molar-refractivity contribution in [3.63, 3.8) is 0 Å². The van der Waals surface area contributed by atoms with E-state index in [-0.39, 0.29) is 11.9 Å². The van der Waals surface area contributed by atoms with Crippen LogP contribution in [0.15, 0.2) is 78.9 Å². The van der Waals surface area contributed by atoms with Crippen LogP contribution in [0.4, 0.5) is 5.69 Å². The number of hydrogen-bond donors (Lipinski definition) is 2. The number of likely N-dealkylation sites (tertiary alicyclic amines) is 1. The van der Waals surface area contributed by atoms with E-state index in [1.165, 1.54) is 5.56 Å². The molecular formula is C29H29N5O. The summed E-state index contributed by atoms with van der Waals surface area (Å²) in [5.41, 5.74) is 4.67. The maximum atomic E-state index is 12.6. The lowest BCUT2D eigenvalue weighted by Crippen LogP contribution is -2.37. The van der Waals surface area contributed by atoms with Gasteiger partial charge in [0.15, 0.2) is 0 Å². The number of piperidine rings is 1. The molecule has 0 unspecified atom stereocenters. The molecule has 0 saturated carbocycles. The monoisotopic (exact) mass is 463 g/mol. The minimum Gasteiger partial charge on any atom is -0.341 e. The van der Waals surface area contributed by atoms with E-state index in [2.05, 4.69) is 57.7 Å². The molecule has 2 N–H and O–H groups in total. The lowest BCUT2D eigenvalue weighted by Gasteiger charge is -2.38. The molecular weight excluding hydrogens is 434 g/mol. The van der Waals surface area contributed by atoms with Crippen LogP contribution in [-0.2, 0) is 11.3 Å². The van der Waals surface area contributed by atoms with Crippen LogP contribution in [0.5, 0.6) is 0 Å². The van der Waals surface area contributed by atoms with Gasteiger partial charge in [-0.25, -0.2) is 4.98 Å². The van der Waals surface area contributed by atoms with Gasteiger partial charge in [-0.3, -0.25) is 9.69 Å². The Morgan fingerprint density at radius 1 is 1.06 bits per heavy atom. The molecule has 1 amide bonds. The summed E-state index contributed by atoms with van der Waals surface area (Å²) in [5.74, 6) is 1.47. The van der Waals surface area contributed by atoms with E-state index in [9.17, 15) is 4.79 Å². The summed E-state index contributed by atoms with van der Waals surface area (Å²) in [4.78, 5) is 23.6. The number of carbonyl (C=O) groups excluding carboxylic acids is 1. The minimum absolute atomic E-state index is 0.0155. The first-order valence-electron chi connectivity index (χ1n) is 12.2. The number of fused-ring (bicyclic) bond motifs is 1. The highest BCUT2D eigenvalue weighted by Gasteiger charge is 2.31. The van der Waals surface area contributed by atoms with E-state index < -0.39 is 0 Å². The van der Waals surface area contributed by atoms with Crippen molar-refractivity contribution in [1.82, 2.24) is 14.9 Å². The van der Waals surface area contributed by atoms with Gasteiger partial charge in [0.05, 0.1) is 28.7 Å². The van der Waals surface area contributed by atoms with Gasteiger partial charge in [-0.05, 0) is 73.7 Å². The van der Waals surface area contributed by atoms with Crippen molar-refractivity contribution in [2.24, 2.45) is 5.92 Å². The van der Waals surface area contributed by atoms with E-state index in [1.54, 1.807) is 24.3 Å². The zero-order valence-corrected chi connectivity index (χ0v) is 19.7. The van der Waals surface area contributed by atoms with Crippen molar-refractivity contribution in [2.45, 2.75) is 38.3 Å². The molecule has 1 aliphatic heterocycles. The van der Waals surface area contributed by atoms with E-state index >= 15 is 0 Å². The number of rotatable bonds is 7. The van der Waals surface area contributed by atoms with Crippen molar-refractivity contribution in [3.05, 3.63) is 95.8 Å². The number of aromatic amines is 1. The molecule has 1 aromatic heterocycles. The number of hydrogen-bond acceptors (Lipinski definition) is 4. The largest absolute Gasteiger partial charge is 0.341 e. The SMILES string of the molecule is N#Cc1ccc(NC(=O)CC[C@@H]2CCN(Cc3ccccc3)[C@@H](c3nc4ccccc4[nH]3)C2)cc1. The number of para-hydroxylation sites is 2. The summed E-state index contributed by atoms with van der Waals surface area (Å²) >= 11 is 0. The summed E-state index contributed by atoms with van der Waals surface area (Å²) in [6.45, 7) is 1.85. The average molecular weight is 464 g/mol. The first kappa shape index (κ1) is 22.8. The number of carbonyl (C=O) groups is 1. The third-order valence-corrected chi connectivity index (χ3v) is 6.85. The second kappa shape index (κ2) is 10.5. The normalized spacial score (nSPS) is 18.3. The molecule has 4 aromatic rings. The Hall–Kier alpha value is -3.95. The van der Waals surface area contributed by atoms with Crippen LogP contribution in [-0.4, -0.2) is 27.3 Å². The van der Waals surface area contributed by atoms with Crippen LogP contribution >= 0.6 is 0 Å². The second-order valence-electron chi connectivity index (χ2n) is 9.28. The van der Waals surface area contributed by atoms with Crippen LogP contribution < -0.4 is 5.32 Å². The number of nitrogens with one attached hydrogen (secondary N) is 2. The number of aromatic nitrogens is 2. The maximum absolute atomic E-state index is 12.6. The zero-order chi connectivity index (χ0) is 24.0. The summed E-state index contributed by atoms with van der Waals surface area (Å²) in [6, 6.07) is 28.0. The van der Waals surface area contributed by atoms with Gasteiger partial charge in [0.1, 0.15) is 5.82 Å². The summed E-state index contributed by atoms with van der Waals surface area (Å²) in [6.07, 6.45) is 3.36. The Labute approximate surface area is 205 Å². The fraction of sp³-hybridized carbons (Fsp3) is 0.276. The molecule has 0 radical (unpaired) electrons. The van der Waals surface area contributed by atoms with Crippen molar-refractivity contribution in [1.29, 1.82) is 5.26 Å². The Balaban J connectivity index is 1.26. The topological polar surface area (TPSA) is 84.8 Å². The first-order valence-corrected chi connectivity index (χ1v) is 12.2. The predicted octanol–water partition coefficient (Wildman–Crippen LogP) is 5.81. The van der Waals surface area contributed by atoms with Gasteiger partial charge >= 0.3 is 0 Å². The van der Waals surface area contributed by atoms with Crippen molar-refractivity contribution >= 4 is 22.6 Å². The predicted molar refractivity (Wildman–Crippen MR) is 137 cm³/mol. The number of H-pyrrole nitrogens is 1. The molecule has 5 rings (SSSR count). The first-order chi connectivity index (χ1) is 17.2. The third-order valence-electron chi connectivity index (χ3n) is 6.85. The fourth-order valence-corrected chi connectivity index (χ4v) is 4.96. The summed E-state index contributed by atoms with van der Waals surface area (Å²) in [5, 5.41) is 11.9. The van der Waals surface area contributed by atoms with Gasteiger partial charge in [0.2, 0.25) is 5.91 Å². The molecule has 35 heavy (non-hydrogen) atoms. The van der Waals surface area contributed by atoms with Crippen LogP contribution in [0.1, 0.15) is 48.7 Å². The molecule has 1 fully saturated rings. The fourth-order valence-electron chi connectivity index (χ4n) is 4.96. The van der Waals surface area contributed by atoms with E-state index in [1.807, 2.05) is 18.2 Å². The smallest absolute Gasteiger partial charge is 0.224 e. The molecule has 1 aliphatic rings. The minimum atomic E-state index is 0.0155. The number of imidazole rings is 1.